The second-order valence-electron chi connectivity index (χ2n) is 7.51. The Bertz CT molecular complexity index is 1140. The average molecular weight is 511 g/mol. The number of nitro benzene ring substituents is 1. The molecule has 184 valence electrons. The maximum absolute atomic E-state index is 13.5. The number of carbonyl (C=O) groups is 2. The first-order valence-electron chi connectivity index (χ1n) is 10.5. The Morgan fingerprint density at radius 1 is 1.15 bits per heavy atom. The molecule has 10 nitrogen and oxygen atoms in total. The third-order valence-corrected chi connectivity index (χ3v) is 6.40. The summed E-state index contributed by atoms with van der Waals surface area (Å²) >= 11 is 5.95. The van der Waals surface area contributed by atoms with E-state index in [0.717, 1.165) is 16.6 Å². The summed E-state index contributed by atoms with van der Waals surface area (Å²) in [6.07, 6.45) is 1.20. The molecule has 0 radical (unpaired) electrons. The van der Waals surface area contributed by atoms with Gasteiger partial charge in [0.1, 0.15) is 12.6 Å². The van der Waals surface area contributed by atoms with Crippen LogP contribution in [0, 0.1) is 10.1 Å². The van der Waals surface area contributed by atoms with Gasteiger partial charge in [0.05, 0.1) is 16.9 Å². The van der Waals surface area contributed by atoms with Gasteiger partial charge < -0.3 is 10.2 Å². The second-order valence-corrected chi connectivity index (χ2v) is 9.86. The maximum atomic E-state index is 13.5. The third-order valence-electron chi connectivity index (χ3n) is 5.01. The zero-order valence-corrected chi connectivity index (χ0v) is 20.7. The van der Waals surface area contributed by atoms with Crippen LogP contribution < -0.4 is 9.62 Å². The average Bonchev–Trinajstić information content (AvgIpc) is 2.78. The molecule has 1 N–H and O–H groups in total. The lowest BCUT2D eigenvalue weighted by molar-refractivity contribution is -0.384. The number of hydrogen-bond donors (Lipinski definition) is 1. The summed E-state index contributed by atoms with van der Waals surface area (Å²) in [6, 6.07) is 10.9. The van der Waals surface area contributed by atoms with Crippen LogP contribution in [-0.2, 0) is 26.2 Å². The van der Waals surface area contributed by atoms with Crippen LogP contribution in [0.2, 0.25) is 5.02 Å². The van der Waals surface area contributed by atoms with Gasteiger partial charge in [-0.2, -0.15) is 0 Å². The molecule has 0 heterocycles. The Labute approximate surface area is 203 Å². The zero-order chi connectivity index (χ0) is 25.5. The smallest absolute Gasteiger partial charge is 0.271 e. The van der Waals surface area contributed by atoms with Gasteiger partial charge in [-0.1, -0.05) is 36.7 Å². The van der Waals surface area contributed by atoms with Crippen LogP contribution in [0.3, 0.4) is 0 Å². The van der Waals surface area contributed by atoms with E-state index in [2.05, 4.69) is 5.32 Å². The molecule has 0 saturated heterocycles. The van der Waals surface area contributed by atoms with Crippen molar-refractivity contribution < 1.29 is 22.9 Å². The number of sulfonamides is 1. The standard InChI is InChI=1S/C22H27ClN4O6S/c1-4-20(22(29)24-5-2)25(14-16-9-11-17(23)12-10-16)21(28)15-26(34(3,32)33)18-7-6-8-19(13-18)27(30)31/h6-13,20H,4-5,14-15H2,1-3H3,(H,24,29)/t20-/m1/s1. The van der Waals surface area contributed by atoms with Crippen molar-refractivity contribution in [3.63, 3.8) is 0 Å². The lowest BCUT2D eigenvalue weighted by atomic mass is 10.1. The number of carbonyl (C=O) groups excluding carboxylic acids is 2. The van der Waals surface area contributed by atoms with Gasteiger partial charge in [-0.25, -0.2) is 8.42 Å². The topological polar surface area (TPSA) is 130 Å². The number of amides is 2. The Morgan fingerprint density at radius 3 is 2.32 bits per heavy atom. The summed E-state index contributed by atoms with van der Waals surface area (Å²) in [6.45, 7) is 3.27. The van der Waals surface area contributed by atoms with Crippen molar-refractivity contribution in [1.29, 1.82) is 0 Å². The van der Waals surface area contributed by atoms with Gasteiger partial charge in [-0.3, -0.25) is 24.0 Å². The number of nitrogens with one attached hydrogen (secondary N) is 1. The van der Waals surface area contributed by atoms with E-state index in [-0.39, 0.29) is 23.8 Å². The van der Waals surface area contributed by atoms with Crippen LogP contribution in [0.5, 0.6) is 0 Å². The van der Waals surface area contributed by atoms with E-state index in [9.17, 15) is 28.1 Å². The van der Waals surface area contributed by atoms with Crippen LogP contribution >= 0.6 is 11.6 Å². The lowest BCUT2D eigenvalue weighted by Crippen LogP contribution is -2.52. The summed E-state index contributed by atoms with van der Waals surface area (Å²) in [4.78, 5) is 38.0. The number of hydrogen-bond acceptors (Lipinski definition) is 6. The van der Waals surface area contributed by atoms with E-state index in [1.165, 1.54) is 23.1 Å². The molecule has 0 spiro atoms. The fraction of sp³-hybridized carbons (Fsp3) is 0.364. The van der Waals surface area contributed by atoms with E-state index < -0.39 is 33.4 Å². The van der Waals surface area contributed by atoms with Crippen molar-refractivity contribution in [3.05, 3.63) is 69.2 Å². The number of halogens is 1. The summed E-state index contributed by atoms with van der Waals surface area (Å²) in [7, 11) is -3.99. The largest absolute Gasteiger partial charge is 0.355 e. The maximum Gasteiger partial charge on any atom is 0.271 e. The first-order chi connectivity index (χ1) is 16.0. The van der Waals surface area contributed by atoms with Crippen LogP contribution in [0.25, 0.3) is 0 Å². The van der Waals surface area contributed by atoms with Crippen molar-refractivity contribution >= 4 is 44.8 Å². The van der Waals surface area contributed by atoms with Crippen molar-refractivity contribution in [2.45, 2.75) is 32.9 Å². The highest BCUT2D eigenvalue weighted by Crippen LogP contribution is 2.24. The van der Waals surface area contributed by atoms with Crippen molar-refractivity contribution in [1.82, 2.24) is 10.2 Å². The van der Waals surface area contributed by atoms with Gasteiger partial charge >= 0.3 is 0 Å². The Balaban J connectivity index is 2.45. The van der Waals surface area contributed by atoms with Gasteiger partial charge in [0.2, 0.25) is 21.8 Å². The van der Waals surface area contributed by atoms with Crippen LogP contribution in [-0.4, -0.2) is 55.4 Å². The predicted molar refractivity (Wildman–Crippen MR) is 130 cm³/mol. The highest BCUT2D eigenvalue weighted by molar-refractivity contribution is 7.92. The van der Waals surface area contributed by atoms with Crippen LogP contribution in [0.4, 0.5) is 11.4 Å². The number of benzene rings is 2. The highest BCUT2D eigenvalue weighted by Gasteiger charge is 2.31. The molecule has 2 amide bonds. The van der Waals surface area contributed by atoms with Crippen LogP contribution in [0.1, 0.15) is 25.8 Å². The molecular weight excluding hydrogens is 484 g/mol. The fourth-order valence-corrected chi connectivity index (χ4v) is 4.34. The summed E-state index contributed by atoms with van der Waals surface area (Å²) in [5.74, 6) is -1.00. The molecule has 0 aliphatic carbocycles. The number of nitro groups is 1. The first kappa shape index (κ1) is 27.1. The van der Waals surface area contributed by atoms with E-state index in [4.69, 9.17) is 11.6 Å². The van der Waals surface area contributed by atoms with E-state index in [1.54, 1.807) is 38.1 Å². The molecule has 34 heavy (non-hydrogen) atoms. The minimum atomic E-state index is -3.99. The van der Waals surface area contributed by atoms with Gasteiger partial charge in [-0.05, 0) is 37.1 Å². The molecule has 2 aromatic carbocycles. The number of likely N-dealkylation sites (N-methyl/N-ethyl adjacent to an activating group) is 1. The molecule has 0 aromatic heterocycles. The molecule has 2 rings (SSSR count). The van der Waals surface area contributed by atoms with Gasteiger partial charge in [0, 0.05) is 30.2 Å². The predicted octanol–water partition coefficient (Wildman–Crippen LogP) is 2.96. The molecule has 0 unspecified atom stereocenters. The zero-order valence-electron chi connectivity index (χ0n) is 19.1. The third kappa shape index (κ3) is 7.16. The monoisotopic (exact) mass is 510 g/mol. The Kier molecular flexibility index (Phi) is 9.39. The molecule has 12 heteroatoms. The molecule has 0 aliphatic heterocycles. The summed E-state index contributed by atoms with van der Waals surface area (Å²) in [5.41, 5.74) is 0.356. The summed E-state index contributed by atoms with van der Waals surface area (Å²) < 4.78 is 25.9. The Morgan fingerprint density at radius 2 is 1.79 bits per heavy atom. The van der Waals surface area contributed by atoms with Gasteiger partial charge in [0.25, 0.3) is 5.69 Å². The van der Waals surface area contributed by atoms with Crippen molar-refractivity contribution in [2.75, 3.05) is 23.7 Å². The van der Waals surface area contributed by atoms with Gasteiger partial charge in [0.15, 0.2) is 0 Å². The van der Waals surface area contributed by atoms with E-state index in [1.807, 2.05) is 0 Å². The van der Waals surface area contributed by atoms with E-state index >= 15 is 0 Å². The number of non-ortho nitro benzene ring substituents is 1. The summed E-state index contributed by atoms with van der Waals surface area (Å²) in [5, 5.41) is 14.4. The quantitative estimate of drug-likeness (QED) is 0.365. The molecular formula is C22H27ClN4O6S. The SMILES string of the molecule is CCNC(=O)[C@@H](CC)N(Cc1ccc(Cl)cc1)C(=O)CN(c1cccc([N+](=O)[O-])c1)S(C)(=O)=O. The van der Waals surface area contributed by atoms with Crippen LogP contribution in [0.15, 0.2) is 48.5 Å². The Hall–Kier alpha value is -3.18. The fourth-order valence-electron chi connectivity index (χ4n) is 3.37. The lowest BCUT2D eigenvalue weighted by Gasteiger charge is -2.32. The molecule has 1 atom stereocenters. The van der Waals surface area contributed by atoms with Crippen molar-refractivity contribution in [3.8, 4) is 0 Å². The normalized spacial score (nSPS) is 12.0. The first-order valence-corrected chi connectivity index (χ1v) is 12.7. The minimum absolute atomic E-state index is 0.0254. The second kappa shape index (κ2) is 11.8. The molecule has 2 aromatic rings. The number of nitrogens with zero attached hydrogens (tertiary/aromatic N) is 3. The molecule has 0 bridgehead atoms. The molecule has 0 saturated carbocycles. The minimum Gasteiger partial charge on any atom is -0.355 e. The molecule has 0 fully saturated rings. The van der Waals surface area contributed by atoms with E-state index in [0.29, 0.717) is 23.6 Å². The molecule has 0 aliphatic rings. The highest BCUT2D eigenvalue weighted by atomic mass is 35.5. The number of rotatable bonds is 11. The van der Waals surface area contributed by atoms with Gasteiger partial charge in [-0.15, -0.1) is 0 Å². The number of anilines is 1. The van der Waals surface area contributed by atoms with Crippen molar-refractivity contribution in [2.24, 2.45) is 0 Å².